The minimum absolute atomic E-state index is 0.160. The summed E-state index contributed by atoms with van der Waals surface area (Å²) in [6, 6.07) is 2.81. The van der Waals surface area contributed by atoms with Crippen LogP contribution in [0.1, 0.15) is 27.6 Å². The smallest absolute Gasteiger partial charge is 0.458 e. The van der Waals surface area contributed by atoms with Crippen LogP contribution in [0.15, 0.2) is 24.3 Å². The summed E-state index contributed by atoms with van der Waals surface area (Å²) in [6.07, 6.45) is -21.0. The molecule has 1 aromatic rings. The molecule has 1 aliphatic heterocycles. The van der Waals surface area contributed by atoms with Crippen LogP contribution in [-0.2, 0) is 14.3 Å². The van der Waals surface area contributed by atoms with E-state index in [9.17, 15) is 62.7 Å². The SMILES string of the molecule is CC(C(=O)OCC(F)(OC(F)(F)C(F)(F)C(F)(F)F)C(F)(F)F)N1C(=O)c2ccccc2C1=O. The number of benzene rings is 1. The largest absolute Gasteiger partial charge is 0.462 e. The van der Waals surface area contributed by atoms with E-state index < -0.39 is 60.7 Å². The zero-order valence-corrected chi connectivity index (χ0v) is 16.2. The Morgan fingerprint density at radius 3 is 1.68 bits per heavy atom. The normalized spacial score (nSPS) is 17.9. The van der Waals surface area contributed by atoms with Crippen molar-refractivity contribution < 1.29 is 72.2 Å². The van der Waals surface area contributed by atoms with Gasteiger partial charge < -0.3 is 4.74 Å². The van der Waals surface area contributed by atoms with Gasteiger partial charge in [-0.3, -0.25) is 19.2 Å². The zero-order valence-electron chi connectivity index (χ0n) is 16.2. The molecule has 0 N–H and O–H groups in total. The molecule has 0 bridgehead atoms. The molecule has 2 unspecified atom stereocenters. The number of fused-ring (bicyclic) bond motifs is 1. The molecule has 2 amide bonds. The fourth-order valence-corrected chi connectivity index (χ4v) is 2.55. The van der Waals surface area contributed by atoms with E-state index in [1.54, 1.807) is 0 Å². The van der Waals surface area contributed by atoms with Crippen LogP contribution in [0.2, 0.25) is 0 Å². The second-order valence-electron chi connectivity index (χ2n) is 6.73. The molecule has 6 nitrogen and oxygen atoms in total. The molecule has 0 fully saturated rings. The maximum Gasteiger partial charge on any atom is 0.462 e. The fraction of sp³-hybridized carbons (Fsp3) is 0.471. The summed E-state index contributed by atoms with van der Waals surface area (Å²) in [5, 5.41) is 0. The van der Waals surface area contributed by atoms with E-state index in [1.807, 2.05) is 0 Å². The molecule has 190 valence electrons. The Labute approximate surface area is 181 Å². The van der Waals surface area contributed by atoms with Gasteiger partial charge in [0.2, 0.25) is 0 Å². The Balaban J connectivity index is 2.23. The maximum atomic E-state index is 14.1. The summed E-state index contributed by atoms with van der Waals surface area (Å²) in [5.74, 6) is -17.6. The third-order valence-electron chi connectivity index (χ3n) is 4.39. The standard InChI is InChI=1S/C17H10F11NO5/c1-7(29-10(30)8-4-2-3-5-9(8)11(29)31)12(32)33-6-13(18,15(21,22)23)34-17(27,28)14(19,20)16(24,25)26/h2-5,7H,6H2,1H3. The van der Waals surface area contributed by atoms with Gasteiger partial charge >= 0.3 is 36.2 Å². The van der Waals surface area contributed by atoms with Crippen LogP contribution in [0.3, 0.4) is 0 Å². The van der Waals surface area contributed by atoms with Gasteiger partial charge in [0.1, 0.15) is 6.04 Å². The van der Waals surface area contributed by atoms with Crippen LogP contribution in [0.4, 0.5) is 48.3 Å². The number of esters is 1. The lowest BCUT2D eigenvalue weighted by molar-refractivity contribution is -0.485. The number of amides is 2. The fourth-order valence-electron chi connectivity index (χ4n) is 2.55. The van der Waals surface area contributed by atoms with Crippen molar-refractivity contribution in [1.29, 1.82) is 0 Å². The second-order valence-corrected chi connectivity index (χ2v) is 6.73. The summed E-state index contributed by atoms with van der Waals surface area (Å²) in [7, 11) is 0. The third kappa shape index (κ3) is 4.52. The van der Waals surface area contributed by atoms with E-state index in [-0.39, 0.29) is 16.0 Å². The Morgan fingerprint density at radius 1 is 0.853 bits per heavy atom. The van der Waals surface area contributed by atoms with Crippen molar-refractivity contribution in [3.05, 3.63) is 35.4 Å². The number of halogens is 11. The van der Waals surface area contributed by atoms with E-state index in [2.05, 4.69) is 9.47 Å². The highest BCUT2D eigenvalue weighted by Crippen LogP contribution is 2.51. The van der Waals surface area contributed by atoms with Crippen LogP contribution >= 0.6 is 0 Å². The van der Waals surface area contributed by atoms with Gasteiger partial charge in [-0.15, -0.1) is 0 Å². The summed E-state index contributed by atoms with van der Waals surface area (Å²) >= 11 is 0. The first kappa shape index (κ1) is 27.3. The van der Waals surface area contributed by atoms with Crippen molar-refractivity contribution in [2.24, 2.45) is 0 Å². The molecule has 0 radical (unpaired) electrons. The minimum atomic E-state index is -7.28. The van der Waals surface area contributed by atoms with Gasteiger partial charge in [0.25, 0.3) is 11.8 Å². The second kappa shape index (κ2) is 8.35. The first-order valence-corrected chi connectivity index (χ1v) is 8.59. The number of carbonyl (C=O) groups is 3. The molecule has 1 aromatic carbocycles. The van der Waals surface area contributed by atoms with Crippen molar-refractivity contribution in [2.75, 3.05) is 6.61 Å². The molecule has 0 saturated heterocycles. The number of hydrogen-bond donors (Lipinski definition) is 0. The molecule has 0 aliphatic carbocycles. The van der Waals surface area contributed by atoms with Crippen molar-refractivity contribution >= 4 is 17.8 Å². The average Bonchev–Trinajstić information content (AvgIpc) is 2.94. The van der Waals surface area contributed by atoms with Crippen LogP contribution in [-0.4, -0.2) is 65.6 Å². The van der Waals surface area contributed by atoms with Crippen LogP contribution in [0.25, 0.3) is 0 Å². The van der Waals surface area contributed by atoms with Gasteiger partial charge in [0, 0.05) is 0 Å². The quantitative estimate of drug-likeness (QED) is 0.307. The van der Waals surface area contributed by atoms with Gasteiger partial charge in [0.15, 0.2) is 6.61 Å². The minimum Gasteiger partial charge on any atom is -0.458 e. The van der Waals surface area contributed by atoms with Crippen LogP contribution in [0, 0.1) is 0 Å². The molecule has 2 atom stereocenters. The molecular formula is C17H10F11NO5. The topological polar surface area (TPSA) is 72.9 Å². The monoisotopic (exact) mass is 517 g/mol. The lowest BCUT2D eigenvalue weighted by Gasteiger charge is -2.34. The predicted octanol–water partition coefficient (Wildman–Crippen LogP) is 4.25. The van der Waals surface area contributed by atoms with Crippen molar-refractivity contribution in [1.82, 2.24) is 4.90 Å². The van der Waals surface area contributed by atoms with E-state index >= 15 is 0 Å². The van der Waals surface area contributed by atoms with E-state index in [0.717, 1.165) is 12.1 Å². The summed E-state index contributed by atoms with van der Waals surface area (Å²) in [5.41, 5.74) is -0.473. The molecule has 1 aliphatic rings. The first-order chi connectivity index (χ1) is 15.2. The number of alkyl halides is 11. The summed E-state index contributed by atoms with van der Waals surface area (Å²) < 4.78 is 147. The maximum absolute atomic E-state index is 14.1. The Bertz CT molecular complexity index is 956. The van der Waals surface area contributed by atoms with Crippen molar-refractivity contribution in [3.8, 4) is 0 Å². The number of ether oxygens (including phenoxy) is 2. The predicted molar refractivity (Wildman–Crippen MR) is 84.3 cm³/mol. The molecule has 2 rings (SSSR count). The molecule has 17 heteroatoms. The number of rotatable bonds is 7. The van der Waals surface area contributed by atoms with Crippen LogP contribution in [0.5, 0.6) is 0 Å². The third-order valence-corrected chi connectivity index (χ3v) is 4.39. The number of nitrogens with zero attached hydrogens (tertiary/aromatic N) is 1. The highest BCUT2D eigenvalue weighted by Gasteiger charge is 2.78. The van der Waals surface area contributed by atoms with Gasteiger partial charge in [-0.25, -0.2) is 4.79 Å². The number of imide groups is 1. The molecular weight excluding hydrogens is 507 g/mol. The van der Waals surface area contributed by atoms with Gasteiger partial charge in [-0.1, -0.05) is 12.1 Å². The summed E-state index contributed by atoms with van der Waals surface area (Å²) in [4.78, 5) is 36.6. The number of carbonyl (C=O) groups excluding carboxylic acids is 3. The highest BCUT2D eigenvalue weighted by atomic mass is 19.4. The van der Waals surface area contributed by atoms with Gasteiger partial charge in [0.05, 0.1) is 11.1 Å². The van der Waals surface area contributed by atoms with E-state index in [0.29, 0.717) is 6.92 Å². The zero-order chi connectivity index (χ0) is 26.5. The first-order valence-electron chi connectivity index (χ1n) is 8.59. The molecule has 0 spiro atoms. The molecule has 34 heavy (non-hydrogen) atoms. The molecule has 1 heterocycles. The lowest BCUT2D eigenvalue weighted by Crippen LogP contribution is -2.60. The molecule has 0 saturated carbocycles. The van der Waals surface area contributed by atoms with Crippen molar-refractivity contribution in [3.63, 3.8) is 0 Å². The van der Waals surface area contributed by atoms with E-state index in [1.165, 1.54) is 12.1 Å². The summed E-state index contributed by atoms with van der Waals surface area (Å²) in [6.45, 7) is -2.28. The van der Waals surface area contributed by atoms with Crippen LogP contribution < -0.4 is 0 Å². The number of hydrogen-bond acceptors (Lipinski definition) is 5. The van der Waals surface area contributed by atoms with Gasteiger partial charge in [-0.05, 0) is 19.1 Å². The van der Waals surface area contributed by atoms with Gasteiger partial charge in [-0.2, -0.15) is 48.3 Å². The average molecular weight is 517 g/mol. The van der Waals surface area contributed by atoms with E-state index in [4.69, 9.17) is 0 Å². The lowest BCUT2D eigenvalue weighted by atomic mass is 10.1. The Hall–Kier alpha value is -2.98. The van der Waals surface area contributed by atoms with Crippen molar-refractivity contribution in [2.45, 2.75) is 43.2 Å². The molecule has 0 aromatic heterocycles. The highest BCUT2D eigenvalue weighted by molar-refractivity contribution is 6.22. The Kier molecular flexibility index (Phi) is 6.70. The Morgan fingerprint density at radius 2 is 1.29 bits per heavy atom.